The SMILES string of the molecule is CCCCC[C@H](/C=C/C(=O)CCc1ccc(O)c(OC)c1)Cc1cc(NC(N)=NC)c(O)c(OC2(CNC)CCCC2)c1. The normalized spacial score (nSPS) is 15.5. The molecule has 0 aliphatic heterocycles. The number of methoxy groups -OCH3 is 1. The monoisotopic (exact) mass is 594 g/mol. The number of guanidine groups is 1. The predicted molar refractivity (Wildman–Crippen MR) is 173 cm³/mol. The Labute approximate surface area is 256 Å². The van der Waals surface area contributed by atoms with Gasteiger partial charge in [0.15, 0.2) is 34.7 Å². The van der Waals surface area contributed by atoms with E-state index in [1.54, 1.807) is 31.3 Å². The summed E-state index contributed by atoms with van der Waals surface area (Å²) >= 11 is 0. The highest BCUT2D eigenvalue weighted by Gasteiger charge is 2.36. The summed E-state index contributed by atoms with van der Waals surface area (Å²) in [4.78, 5) is 16.9. The third-order valence-electron chi connectivity index (χ3n) is 8.11. The third kappa shape index (κ3) is 10.2. The molecule has 2 aromatic rings. The van der Waals surface area contributed by atoms with Gasteiger partial charge in [0.1, 0.15) is 5.60 Å². The molecule has 1 atom stereocenters. The van der Waals surface area contributed by atoms with Crippen LogP contribution in [0.3, 0.4) is 0 Å². The fourth-order valence-corrected chi connectivity index (χ4v) is 5.74. The molecule has 0 spiro atoms. The molecule has 0 amide bonds. The van der Waals surface area contributed by atoms with Gasteiger partial charge < -0.3 is 36.1 Å². The summed E-state index contributed by atoms with van der Waals surface area (Å²) in [5, 5.41) is 27.3. The molecule has 0 heterocycles. The zero-order chi connectivity index (χ0) is 31.2. The van der Waals surface area contributed by atoms with E-state index in [0.29, 0.717) is 43.0 Å². The van der Waals surface area contributed by atoms with Gasteiger partial charge in [-0.2, -0.15) is 0 Å². The summed E-state index contributed by atoms with van der Waals surface area (Å²) in [7, 11) is 5.01. The molecular weight excluding hydrogens is 544 g/mol. The fourth-order valence-electron chi connectivity index (χ4n) is 5.74. The van der Waals surface area contributed by atoms with E-state index in [0.717, 1.165) is 62.5 Å². The number of nitrogens with two attached hydrogens (primary N) is 1. The summed E-state index contributed by atoms with van der Waals surface area (Å²) < 4.78 is 11.8. The molecule has 6 N–H and O–H groups in total. The van der Waals surface area contributed by atoms with Gasteiger partial charge in [0.25, 0.3) is 0 Å². The van der Waals surface area contributed by atoms with Gasteiger partial charge in [-0.05, 0) is 99.4 Å². The van der Waals surface area contributed by atoms with Gasteiger partial charge in [-0.15, -0.1) is 0 Å². The molecule has 3 rings (SSSR count). The molecule has 9 heteroatoms. The minimum absolute atomic E-state index is 0.0110. The number of carbonyl (C=O) groups excluding carboxylic acids is 1. The number of unbranched alkanes of at least 4 members (excludes halogenated alkanes) is 2. The standard InChI is InChI=1S/C34H50N4O5/c1-5-6-7-10-24(11-14-27(39)15-12-25-13-16-29(40)30(21-25)42-4)19-26-20-28(38-33(35)37-3)32(41)31(22-26)43-34(23-36-2)17-8-9-18-34/h11,13-14,16,20-22,24,36,40-41H,5-10,12,15,17-19,23H2,1-4H3,(H3,35,37,38)/b14-11+/t24-/m1/s1. The fraction of sp³-hybridized carbons (Fsp3) is 0.529. The summed E-state index contributed by atoms with van der Waals surface area (Å²) in [5.41, 5.74) is 7.96. The molecular formula is C34H50N4O5. The van der Waals surface area contributed by atoms with Crippen LogP contribution in [0.15, 0.2) is 47.5 Å². The van der Waals surface area contributed by atoms with Crippen molar-refractivity contribution in [3.05, 3.63) is 53.6 Å². The maximum Gasteiger partial charge on any atom is 0.192 e. The summed E-state index contributed by atoms with van der Waals surface area (Å²) in [6, 6.07) is 8.97. The Balaban J connectivity index is 1.81. The molecule has 0 radical (unpaired) electrons. The zero-order valence-electron chi connectivity index (χ0n) is 26.2. The van der Waals surface area contributed by atoms with Crippen LogP contribution in [0.2, 0.25) is 0 Å². The van der Waals surface area contributed by atoms with Crippen LogP contribution >= 0.6 is 0 Å². The van der Waals surface area contributed by atoms with Crippen molar-refractivity contribution in [1.82, 2.24) is 5.32 Å². The molecule has 0 bridgehead atoms. The van der Waals surface area contributed by atoms with Crippen LogP contribution in [0.1, 0.15) is 75.8 Å². The molecule has 236 valence electrons. The van der Waals surface area contributed by atoms with E-state index in [1.807, 2.05) is 25.3 Å². The number of ether oxygens (including phenoxy) is 2. The molecule has 0 saturated heterocycles. The lowest BCUT2D eigenvalue weighted by atomic mass is 9.92. The van der Waals surface area contributed by atoms with E-state index in [-0.39, 0.29) is 34.8 Å². The second-order valence-corrected chi connectivity index (χ2v) is 11.5. The highest BCUT2D eigenvalue weighted by atomic mass is 16.5. The Morgan fingerprint density at radius 3 is 2.56 bits per heavy atom. The van der Waals surface area contributed by atoms with E-state index in [4.69, 9.17) is 15.2 Å². The number of rotatable bonds is 17. The van der Waals surface area contributed by atoms with Crippen LogP contribution in [0.4, 0.5) is 5.69 Å². The molecule has 1 aliphatic rings. The number of carbonyl (C=O) groups is 1. The lowest BCUT2D eigenvalue weighted by Gasteiger charge is -2.31. The molecule has 1 saturated carbocycles. The largest absolute Gasteiger partial charge is 0.504 e. The predicted octanol–water partition coefficient (Wildman–Crippen LogP) is 5.87. The van der Waals surface area contributed by atoms with Crippen molar-refractivity contribution in [3.8, 4) is 23.0 Å². The number of ketones is 1. The average molecular weight is 595 g/mol. The summed E-state index contributed by atoms with van der Waals surface area (Å²) in [5.74, 6) is 1.30. The number of hydrogen-bond donors (Lipinski definition) is 5. The van der Waals surface area contributed by atoms with Gasteiger partial charge in [-0.1, -0.05) is 38.3 Å². The van der Waals surface area contributed by atoms with Gasteiger partial charge in [-0.3, -0.25) is 9.79 Å². The number of likely N-dealkylation sites (N-methyl/N-ethyl adjacent to an activating group) is 1. The molecule has 1 aliphatic carbocycles. The van der Waals surface area contributed by atoms with Crippen LogP contribution in [0.25, 0.3) is 0 Å². The number of benzene rings is 2. The Kier molecular flexibility index (Phi) is 13.2. The number of nitrogens with zero attached hydrogens (tertiary/aromatic N) is 1. The minimum Gasteiger partial charge on any atom is -0.504 e. The molecule has 2 aromatic carbocycles. The topological polar surface area (TPSA) is 138 Å². The smallest absolute Gasteiger partial charge is 0.192 e. The minimum atomic E-state index is -0.374. The van der Waals surface area contributed by atoms with Gasteiger partial charge in [-0.25, -0.2) is 0 Å². The van der Waals surface area contributed by atoms with Crippen molar-refractivity contribution in [2.75, 3.05) is 33.1 Å². The number of phenols is 2. The second-order valence-electron chi connectivity index (χ2n) is 11.5. The van der Waals surface area contributed by atoms with Crippen LogP contribution in [0, 0.1) is 5.92 Å². The zero-order valence-corrected chi connectivity index (χ0v) is 26.2. The first kappa shape index (κ1) is 33.8. The van der Waals surface area contributed by atoms with E-state index in [9.17, 15) is 15.0 Å². The van der Waals surface area contributed by atoms with Gasteiger partial charge in [0.2, 0.25) is 0 Å². The summed E-state index contributed by atoms with van der Waals surface area (Å²) in [6.45, 7) is 2.87. The Bertz CT molecular complexity index is 1250. The number of nitrogens with one attached hydrogen (secondary N) is 2. The van der Waals surface area contributed by atoms with E-state index in [1.165, 1.54) is 7.11 Å². The van der Waals surface area contributed by atoms with Crippen molar-refractivity contribution >= 4 is 17.4 Å². The van der Waals surface area contributed by atoms with Crippen LogP contribution in [0.5, 0.6) is 23.0 Å². The first-order valence-corrected chi connectivity index (χ1v) is 15.5. The van der Waals surface area contributed by atoms with Crippen molar-refractivity contribution in [2.24, 2.45) is 16.6 Å². The first-order valence-electron chi connectivity index (χ1n) is 15.5. The van der Waals surface area contributed by atoms with E-state index >= 15 is 0 Å². The van der Waals surface area contributed by atoms with Crippen LogP contribution in [-0.2, 0) is 17.6 Å². The van der Waals surface area contributed by atoms with E-state index < -0.39 is 0 Å². The number of allylic oxidation sites excluding steroid dienone is 2. The Morgan fingerprint density at radius 2 is 1.88 bits per heavy atom. The number of aliphatic imine (C=N–C) groups is 1. The lowest BCUT2D eigenvalue weighted by Crippen LogP contribution is -2.42. The molecule has 9 nitrogen and oxygen atoms in total. The highest BCUT2D eigenvalue weighted by molar-refractivity contribution is 5.94. The average Bonchev–Trinajstić information content (AvgIpc) is 3.45. The van der Waals surface area contributed by atoms with E-state index in [2.05, 4.69) is 22.5 Å². The number of aryl methyl sites for hydroxylation is 1. The maximum absolute atomic E-state index is 12.9. The van der Waals surface area contributed by atoms with Crippen molar-refractivity contribution < 1.29 is 24.5 Å². The summed E-state index contributed by atoms with van der Waals surface area (Å²) in [6.07, 6.45) is 13.6. The third-order valence-corrected chi connectivity index (χ3v) is 8.11. The van der Waals surface area contributed by atoms with Crippen LogP contribution < -0.4 is 25.8 Å². The maximum atomic E-state index is 12.9. The van der Waals surface area contributed by atoms with Gasteiger partial charge in [0, 0.05) is 20.0 Å². The first-order chi connectivity index (χ1) is 20.7. The molecule has 0 aromatic heterocycles. The highest BCUT2D eigenvalue weighted by Crippen LogP contribution is 2.42. The molecule has 1 fully saturated rings. The second kappa shape index (κ2) is 16.8. The van der Waals surface area contributed by atoms with Gasteiger partial charge >= 0.3 is 0 Å². The number of phenolic OH excluding ortho intramolecular Hbond substituents is 2. The Hall–Kier alpha value is -3.72. The molecule has 0 unspecified atom stereocenters. The van der Waals surface area contributed by atoms with Crippen molar-refractivity contribution in [1.29, 1.82) is 0 Å². The van der Waals surface area contributed by atoms with Crippen molar-refractivity contribution in [3.63, 3.8) is 0 Å². The lowest BCUT2D eigenvalue weighted by molar-refractivity contribution is -0.114. The van der Waals surface area contributed by atoms with Crippen LogP contribution in [-0.4, -0.2) is 55.3 Å². The van der Waals surface area contributed by atoms with Crippen molar-refractivity contribution in [2.45, 2.75) is 83.2 Å². The number of aromatic hydroxyl groups is 2. The number of anilines is 1. The Morgan fingerprint density at radius 1 is 1.14 bits per heavy atom. The van der Waals surface area contributed by atoms with Gasteiger partial charge in [0.05, 0.1) is 12.8 Å². The molecule has 43 heavy (non-hydrogen) atoms. The quantitative estimate of drug-likeness (QED) is 0.0504. The number of hydrogen-bond acceptors (Lipinski definition) is 7.